The van der Waals surface area contributed by atoms with Crippen molar-refractivity contribution in [3.05, 3.63) is 40.7 Å². The molecule has 0 bridgehead atoms. The summed E-state index contributed by atoms with van der Waals surface area (Å²) in [6.45, 7) is 1.41. The summed E-state index contributed by atoms with van der Waals surface area (Å²) >= 11 is 0. The molecule has 1 aromatic carbocycles. The van der Waals surface area contributed by atoms with Crippen LogP contribution in [0.3, 0.4) is 0 Å². The SMILES string of the molecule is Cc1noc(NC(=O)c2cc(C(F)(F)F)cc(C(F)(F)F)c2)n1. The van der Waals surface area contributed by atoms with Gasteiger partial charge >= 0.3 is 18.4 Å². The lowest BCUT2D eigenvalue weighted by Gasteiger charge is -2.13. The summed E-state index contributed by atoms with van der Waals surface area (Å²) in [5.41, 5.74) is -4.04. The largest absolute Gasteiger partial charge is 0.416 e. The van der Waals surface area contributed by atoms with Crippen molar-refractivity contribution in [3.63, 3.8) is 0 Å². The van der Waals surface area contributed by atoms with Gasteiger partial charge in [0.1, 0.15) is 0 Å². The number of hydrogen-bond acceptors (Lipinski definition) is 4. The summed E-state index contributed by atoms with van der Waals surface area (Å²) in [6, 6.07) is 0.0772. The number of carbonyl (C=O) groups excluding carboxylic acids is 1. The zero-order valence-electron chi connectivity index (χ0n) is 11.2. The van der Waals surface area contributed by atoms with Crippen molar-refractivity contribution in [3.8, 4) is 0 Å². The molecule has 0 saturated carbocycles. The van der Waals surface area contributed by atoms with Gasteiger partial charge in [-0.15, -0.1) is 0 Å². The fourth-order valence-electron chi connectivity index (χ4n) is 1.60. The fourth-order valence-corrected chi connectivity index (χ4v) is 1.60. The molecular weight excluding hydrogens is 332 g/mol. The zero-order valence-corrected chi connectivity index (χ0v) is 11.2. The van der Waals surface area contributed by atoms with E-state index in [-0.39, 0.29) is 11.9 Å². The molecule has 2 aromatic rings. The predicted octanol–water partition coefficient (Wildman–Crippen LogP) is 3.67. The molecule has 11 heteroatoms. The van der Waals surface area contributed by atoms with E-state index in [1.54, 1.807) is 0 Å². The summed E-state index contributed by atoms with van der Waals surface area (Å²) in [4.78, 5) is 15.4. The third-order valence-corrected chi connectivity index (χ3v) is 2.60. The van der Waals surface area contributed by atoms with E-state index in [2.05, 4.69) is 14.7 Å². The Kier molecular flexibility index (Phi) is 4.05. The molecule has 0 spiro atoms. The number of nitrogens with zero attached hydrogens (tertiary/aromatic N) is 2. The van der Waals surface area contributed by atoms with E-state index >= 15 is 0 Å². The first kappa shape index (κ1) is 16.8. The Bertz CT molecular complexity index is 703. The summed E-state index contributed by atoms with van der Waals surface area (Å²) in [5.74, 6) is -1.12. The third-order valence-electron chi connectivity index (χ3n) is 2.60. The molecule has 23 heavy (non-hydrogen) atoms. The van der Waals surface area contributed by atoms with Crippen LogP contribution in [0.2, 0.25) is 0 Å². The van der Waals surface area contributed by atoms with Crippen molar-refractivity contribution in [2.24, 2.45) is 0 Å². The average Bonchev–Trinajstić information content (AvgIpc) is 2.81. The van der Waals surface area contributed by atoms with Gasteiger partial charge in [0.2, 0.25) is 0 Å². The number of benzene rings is 1. The number of halogens is 6. The number of carbonyl (C=O) groups is 1. The molecule has 1 N–H and O–H groups in total. The molecular formula is C12H7F6N3O2. The topological polar surface area (TPSA) is 68.0 Å². The summed E-state index contributed by atoms with van der Waals surface area (Å²) < 4.78 is 80.7. The number of anilines is 1. The molecule has 2 rings (SSSR count). The monoisotopic (exact) mass is 339 g/mol. The van der Waals surface area contributed by atoms with E-state index in [4.69, 9.17) is 0 Å². The number of rotatable bonds is 2. The fraction of sp³-hybridized carbons (Fsp3) is 0.250. The van der Waals surface area contributed by atoms with Crippen molar-refractivity contribution in [1.82, 2.24) is 10.1 Å². The highest BCUT2D eigenvalue weighted by atomic mass is 19.4. The zero-order chi connectivity index (χ0) is 17.4. The van der Waals surface area contributed by atoms with Crippen LogP contribution in [0.25, 0.3) is 0 Å². The predicted molar refractivity (Wildman–Crippen MR) is 63.4 cm³/mol. The Labute approximate surface area is 124 Å². The van der Waals surface area contributed by atoms with Crippen LogP contribution in [0.1, 0.15) is 27.3 Å². The van der Waals surface area contributed by atoms with E-state index in [1.165, 1.54) is 6.92 Å². The Morgan fingerprint density at radius 3 is 1.96 bits per heavy atom. The average molecular weight is 339 g/mol. The molecule has 0 radical (unpaired) electrons. The second-order valence-electron chi connectivity index (χ2n) is 4.40. The van der Waals surface area contributed by atoms with Crippen LogP contribution in [0.15, 0.2) is 22.7 Å². The van der Waals surface area contributed by atoms with Crippen LogP contribution < -0.4 is 5.32 Å². The van der Waals surface area contributed by atoms with Crippen LogP contribution >= 0.6 is 0 Å². The minimum atomic E-state index is -5.04. The number of aryl methyl sites for hydroxylation is 1. The molecule has 0 saturated heterocycles. The van der Waals surface area contributed by atoms with E-state index < -0.39 is 41.0 Å². The Morgan fingerprint density at radius 2 is 1.57 bits per heavy atom. The maximum absolute atomic E-state index is 12.7. The van der Waals surface area contributed by atoms with Crippen LogP contribution in [0.5, 0.6) is 0 Å². The minimum absolute atomic E-state index is 0.0758. The highest BCUT2D eigenvalue weighted by Gasteiger charge is 2.37. The molecule has 0 atom stereocenters. The summed E-state index contributed by atoms with van der Waals surface area (Å²) in [6.07, 6.45) is -10.1. The first-order valence-corrected chi connectivity index (χ1v) is 5.88. The second kappa shape index (κ2) is 5.56. The number of alkyl halides is 6. The minimum Gasteiger partial charge on any atom is -0.315 e. The number of nitrogens with one attached hydrogen (secondary N) is 1. The molecule has 0 aliphatic heterocycles. The molecule has 0 unspecified atom stereocenters. The van der Waals surface area contributed by atoms with Crippen LogP contribution in [-0.4, -0.2) is 16.0 Å². The second-order valence-corrected chi connectivity index (χ2v) is 4.40. The van der Waals surface area contributed by atoms with Gasteiger partial charge in [0.15, 0.2) is 5.82 Å². The standard InChI is InChI=1S/C12H7F6N3O2/c1-5-19-10(23-21-5)20-9(22)6-2-7(11(13,14)15)4-8(3-6)12(16,17)18/h2-4H,1H3,(H,19,20,21,22). The van der Waals surface area contributed by atoms with Gasteiger partial charge in [-0.3, -0.25) is 10.1 Å². The lowest BCUT2D eigenvalue weighted by Crippen LogP contribution is -2.17. The van der Waals surface area contributed by atoms with Gasteiger partial charge in [0.25, 0.3) is 5.91 Å². The quantitative estimate of drug-likeness (QED) is 0.848. The van der Waals surface area contributed by atoms with Gasteiger partial charge in [-0.1, -0.05) is 5.16 Å². The molecule has 1 aromatic heterocycles. The Balaban J connectivity index is 2.42. The smallest absolute Gasteiger partial charge is 0.315 e. The van der Waals surface area contributed by atoms with Crippen molar-refractivity contribution in [2.45, 2.75) is 19.3 Å². The van der Waals surface area contributed by atoms with E-state index in [1.807, 2.05) is 5.32 Å². The van der Waals surface area contributed by atoms with Crippen molar-refractivity contribution < 1.29 is 35.7 Å². The lowest BCUT2D eigenvalue weighted by atomic mass is 10.0. The highest BCUT2D eigenvalue weighted by molar-refractivity contribution is 6.03. The lowest BCUT2D eigenvalue weighted by molar-refractivity contribution is -0.143. The highest BCUT2D eigenvalue weighted by Crippen LogP contribution is 2.36. The van der Waals surface area contributed by atoms with E-state index in [0.717, 1.165) is 0 Å². The normalized spacial score (nSPS) is 12.3. The first-order valence-electron chi connectivity index (χ1n) is 5.88. The van der Waals surface area contributed by atoms with Crippen LogP contribution in [0.4, 0.5) is 32.4 Å². The number of aromatic nitrogens is 2. The molecule has 124 valence electrons. The van der Waals surface area contributed by atoms with E-state index in [9.17, 15) is 31.1 Å². The van der Waals surface area contributed by atoms with Crippen molar-refractivity contribution in [2.75, 3.05) is 5.32 Å². The Hall–Kier alpha value is -2.59. The molecule has 5 nitrogen and oxygen atoms in total. The van der Waals surface area contributed by atoms with Crippen molar-refractivity contribution >= 4 is 11.9 Å². The first-order chi connectivity index (χ1) is 10.5. The molecule has 1 heterocycles. The molecule has 0 fully saturated rings. The van der Waals surface area contributed by atoms with Gasteiger partial charge in [0, 0.05) is 5.56 Å². The number of hydrogen-bond donors (Lipinski definition) is 1. The van der Waals surface area contributed by atoms with Crippen LogP contribution in [0, 0.1) is 6.92 Å². The van der Waals surface area contributed by atoms with Gasteiger partial charge in [-0.25, -0.2) is 0 Å². The molecule has 0 aliphatic rings. The van der Waals surface area contributed by atoms with Gasteiger partial charge in [-0.05, 0) is 25.1 Å². The van der Waals surface area contributed by atoms with E-state index in [0.29, 0.717) is 12.1 Å². The maximum atomic E-state index is 12.7. The van der Waals surface area contributed by atoms with Gasteiger partial charge in [-0.2, -0.15) is 31.3 Å². The summed E-state index contributed by atoms with van der Waals surface area (Å²) in [5, 5.41) is 5.24. The Morgan fingerprint density at radius 1 is 1.04 bits per heavy atom. The number of amides is 1. The summed E-state index contributed by atoms with van der Waals surface area (Å²) in [7, 11) is 0. The maximum Gasteiger partial charge on any atom is 0.416 e. The molecule has 1 amide bonds. The van der Waals surface area contributed by atoms with Crippen LogP contribution in [-0.2, 0) is 12.4 Å². The molecule has 0 aliphatic carbocycles. The van der Waals surface area contributed by atoms with Gasteiger partial charge in [0.05, 0.1) is 11.1 Å². The van der Waals surface area contributed by atoms with Gasteiger partial charge < -0.3 is 4.52 Å². The third kappa shape index (κ3) is 3.99. The van der Waals surface area contributed by atoms with Crippen molar-refractivity contribution in [1.29, 1.82) is 0 Å².